The van der Waals surface area contributed by atoms with Gasteiger partial charge < -0.3 is 14.2 Å². The van der Waals surface area contributed by atoms with Gasteiger partial charge in [0.15, 0.2) is 0 Å². The highest BCUT2D eigenvalue weighted by Crippen LogP contribution is 2.47. The molecule has 0 fully saturated rings. The molecule has 7 nitrogen and oxygen atoms in total. The highest BCUT2D eigenvalue weighted by Gasteiger charge is 2.38. The molecular weight excluding hydrogens is 404 g/mol. The molecule has 30 heavy (non-hydrogen) atoms. The second-order valence-corrected chi connectivity index (χ2v) is 7.90. The maximum atomic E-state index is 13.3. The predicted molar refractivity (Wildman–Crippen MR) is 116 cm³/mol. The molecule has 4 rings (SSSR count). The van der Waals surface area contributed by atoms with E-state index in [-0.39, 0.29) is 23.1 Å². The van der Waals surface area contributed by atoms with Crippen LogP contribution in [0.25, 0.3) is 0 Å². The Kier molecular flexibility index (Phi) is 5.26. The summed E-state index contributed by atoms with van der Waals surface area (Å²) in [5.74, 6) is 2.20. The van der Waals surface area contributed by atoms with Crippen molar-refractivity contribution in [1.29, 1.82) is 0 Å². The first-order valence-corrected chi connectivity index (χ1v) is 10.2. The van der Waals surface area contributed by atoms with Gasteiger partial charge in [0.05, 0.1) is 31.9 Å². The maximum Gasteiger partial charge on any atom is 0.308 e. The summed E-state index contributed by atoms with van der Waals surface area (Å²) in [7, 11) is 6.46. The van der Waals surface area contributed by atoms with E-state index >= 15 is 0 Å². The lowest BCUT2D eigenvalue weighted by Crippen LogP contribution is -2.34. The van der Waals surface area contributed by atoms with Crippen LogP contribution in [0.1, 0.15) is 22.8 Å². The SMILES string of the molecule is COc1ccc(N2C(=O)C[C@@H](c3cc(OC)ccc3OC)c3sc(=O)n(C)c32)cc1. The molecule has 0 saturated heterocycles. The third-order valence-electron chi connectivity index (χ3n) is 5.31. The lowest BCUT2D eigenvalue weighted by molar-refractivity contribution is -0.118. The summed E-state index contributed by atoms with van der Waals surface area (Å²) in [5.41, 5.74) is 1.51. The van der Waals surface area contributed by atoms with Gasteiger partial charge in [0, 0.05) is 24.9 Å². The molecule has 1 aliphatic rings. The molecule has 1 aromatic heterocycles. The van der Waals surface area contributed by atoms with Crippen molar-refractivity contribution in [3.05, 3.63) is 62.6 Å². The Morgan fingerprint density at radius 3 is 2.23 bits per heavy atom. The molecule has 1 amide bonds. The fraction of sp³-hybridized carbons (Fsp3) is 0.273. The molecule has 0 radical (unpaired) electrons. The van der Waals surface area contributed by atoms with Crippen molar-refractivity contribution in [1.82, 2.24) is 4.57 Å². The maximum absolute atomic E-state index is 13.3. The van der Waals surface area contributed by atoms with Crippen LogP contribution in [0.5, 0.6) is 17.2 Å². The number of carbonyl (C=O) groups is 1. The molecule has 2 heterocycles. The summed E-state index contributed by atoms with van der Waals surface area (Å²) in [6, 6.07) is 12.7. The lowest BCUT2D eigenvalue weighted by Gasteiger charge is -2.32. The van der Waals surface area contributed by atoms with Crippen LogP contribution in [0.15, 0.2) is 47.3 Å². The number of rotatable bonds is 5. The molecule has 3 aromatic rings. The fourth-order valence-electron chi connectivity index (χ4n) is 3.78. The Morgan fingerprint density at radius 2 is 1.60 bits per heavy atom. The Bertz CT molecular complexity index is 1150. The topological polar surface area (TPSA) is 70.0 Å². The van der Waals surface area contributed by atoms with Crippen molar-refractivity contribution in [3.63, 3.8) is 0 Å². The number of fused-ring (bicyclic) bond motifs is 1. The number of methoxy groups -OCH3 is 3. The van der Waals surface area contributed by atoms with E-state index in [2.05, 4.69) is 0 Å². The van der Waals surface area contributed by atoms with Gasteiger partial charge in [-0.05, 0) is 42.5 Å². The van der Waals surface area contributed by atoms with Crippen LogP contribution < -0.4 is 24.0 Å². The Balaban J connectivity index is 1.88. The van der Waals surface area contributed by atoms with Crippen molar-refractivity contribution in [2.45, 2.75) is 12.3 Å². The Hall–Kier alpha value is -3.26. The van der Waals surface area contributed by atoms with E-state index < -0.39 is 0 Å². The van der Waals surface area contributed by atoms with E-state index in [4.69, 9.17) is 14.2 Å². The predicted octanol–water partition coefficient (Wildman–Crippen LogP) is 3.67. The number of thiazole rings is 1. The van der Waals surface area contributed by atoms with E-state index in [1.807, 2.05) is 30.3 Å². The van der Waals surface area contributed by atoms with Gasteiger partial charge in [-0.3, -0.25) is 19.1 Å². The van der Waals surface area contributed by atoms with Crippen molar-refractivity contribution in [2.75, 3.05) is 26.2 Å². The van der Waals surface area contributed by atoms with Gasteiger partial charge in [-0.2, -0.15) is 0 Å². The van der Waals surface area contributed by atoms with E-state index in [1.54, 1.807) is 45.4 Å². The molecule has 0 unspecified atom stereocenters. The molecule has 156 valence electrons. The van der Waals surface area contributed by atoms with Gasteiger partial charge >= 0.3 is 4.87 Å². The molecule has 1 aliphatic heterocycles. The number of anilines is 2. The van der Waals surface area contributed by atoms with Crippen LogP contribution in [-0.4, -0.2) is 31.8 Å². The molecule has 0 saturated carbocycles. The van der Waals surface area contributed by atoms with Gasteiger partial charge in [-0.15, -0.1) is 0 Å². The number of hydrogen-bond acceptors (Lipinski definition) is 6. The van der Waals surface area contributed by atoms with Crippen molar-refractivity contribution in [3.8, 4) is 17.2 Å². The molecule has 8 heteroatoms. The molecule has 0 aliphatic carbocycles. The molecule has 0 bridgehead atoms. The minimum Gasteiger partial charge on any atom is -0.497 e. The first-order valence-electron chi connectivity index (χ1n) is 9.37. The van der Waals surface area contributed by atoms with Crippen LogP contribution in [-0.2, 0) is 11.8 Å². The standard InChI is InChI=1S/C22H22N2O5S/c1-23-21-20(30-22(23)26)17(16-11-15(28-3)9-10-18(16)29-4)12-19(25)24(21)13-5-7-14(27-2)8-6-13/h5-11,17H,12H2,1-4H3/t17-/m0/s1. The number of ether oxygens (including phenoxy) is 3. The van der Waals surface area contributed by atoms with E-state index in [9.17, 15) is 9.59 Å². The van der Waals surface area contributed by atoms with Crippen LogP contribution in [0.4, 0.5) is 11.5 Å². The Labute approximate surface area is 178 Å². The quantitative estimate of drug-likeness (QED) is 0.623. The summed E-state index contributed by atoms with van der Waals surface area (Å²) < 4.78 is 17.7. The molecule has 1 atom stereocenters. The van der Waals surface area contributed by atoms with Gasteiger partial charge in [-0.1, -0.05) is 11.3 Å². The first-order chi connectivity index (χ1) is 14.5. The lowest BCUT2D eigenvalue weighted by atomic mass is 9.89. The smallest absolute Gasteiger partial charge is 0.308 e. The number of carbonyl (C=O) groups excluding carboxylic acids is 1. The minimum absolute atomic E-state index is 0.101. The van der Waals surface area contributed by atoms with Gasteiger partial charge in [-0.25, -0.2) is 0 Å². The number of nitrogens with zero attached hydrogens (tertiary/aromatic N) is 2. The van der Waals surface area contributed by atoms with Crippen LogP contribution in [0.3, 0.4) is 0 Å². The molecule has 0 N–H and O–H groups in total. The third-order valence-corrected chi connectivity index (χ3v) is 6.44. The zero-order valence-corrected chi connectivity index (χ0v) is 18.0. The monoisotopic (exact) mass is 426 g/mol. The average molecular weight is 426 g/mol. The highest BCUT2D eigenvalue weighted by atomic mass is 32.1. The van der Waals surface area contributed by atoms with Crippen molar-refractivity contribution >= 4 is 28.7 Å². The van der Waals surface area contributed by atoms with Gasteiger partial charge in [0.25, 0.3) is 0 Å². The van der Waals surface area contributed by atoms with E-state index in [0.29, 0.717) is 28.8 Å². The zero-order chi connectivity index (χ0) is 21.4. The van der Waals surface area contributed by atoms with E-state index in [0.717, 1.165) is 21.8 Å². The van der Waals surface area contributed by atoms with Crippen LogP contribution in [0.2, 0.25) is 0 Å². The first kappa shape index (κ1) is 20.0. The van der Waals surface area contributed by atoms with E-state index in [1.165, 1.54) is 4.57 Å². The normalized spacial score (nSPS) is 15.7. The van der Waals surface area contributed by atoms with Crippen LogP contribution >= 0.6 is 11.3 Å². The molecule has 2 aromatic carbocycles. The number of benzene rings is 2. The highest BCUT2D eigenvalue weighted by molar-refractivity contribution is 7.10. The minimum atomic E-state index is -0.300. The zero-order valence-electron chi connectivity index (χ0n) is 17.2. The third kappa shape index (κ3) is 3.23. The average Bonchev–Trinajstić information content (AvgIpc) is 3.07. The summed E-state index contributed by atoms with van der Waals surface area (Å²) in [5, 5.41) is 0. The molecule has 0 spiro atoms. The Morgan fingerprint density at radius 1 is 0.933 bits per heavy atom. The number of hydrogen-bond donors (Lipinski definition) is 0. The fourth-order valence-corrected chi connectivity index (χ4v) is 4.87. The second-order valence-electron chi connectivity index (χ2n) is 6.91. The van der Waals surface area contributed by atoms with Gasteiger partial charge in [0.2, 0.25) is 5.91 Å². The summed E-state index contributed by atoms with van der Waals surface area (Å²) >= 11 is 1.15. The molecular formula is C22H22N2O5S. The number of aromatic nitrogens is 1. The number of amides is 1. The summed E-state index contributed by atoms with van der Waals surface area (Å²) in [4.78, 5) is 28.2. The van der Waals surface area contributed by atoms with Crippen LogP contribution in [0, 0.1) is 0 Å². The summed E-state index contributed by atoms with van der Waals surface area (Å²) in [6.07, 6.45) is 0.211. The largest absolute Gasteiger partial charge is 0.497 e. The van der Waals surface area contributed by atoms with Crippen molar-refractivity contribution in [2.24, 2.45) is 7.05 Å². The second kappa shape index (κ2) is 7.87. The van der Waals surface area contributed by atoms with Crippen molar-refractivity contribution < 1.29 is 19.0 Å². The van der Waals surface area contributed by atoms with Gasteiger partial charge in [0.1, 0.15) is 23.1 Å². The summed E-state index contributed by atoms with van der Waals surface area (Å²) in [6.45, 7) is 0.